The van der Waals surface area contributed by atoms with E-state index in [1.54, 1.807) is 7.11 Å². The van der Waals surface area contributed by atoms with Crippen molar-refractivity contribution < 1.29 is 4.74 Å². The molecule has 5 heteroatoms. The van der Waals surface area contributed by atoms with Gasteiger partial charge in [-0.25, -0.2) is 4.98 Å². The summed E-state index contributed by atoms with van der Waals surface area (Å²) in [6.07, 6.45) is 1.01. The minimum absolute atomic E-state index is 0.179. The Bertz CT molecular complexity index is 554. The maximum Gasteiger partial charge on any atom is 0.203 e. The lowest BCUT2D eigenvalue weighted by molar-refractivity contribution is 0.402. The van der Waals surface area contributed by atoms with Crippen molar-refractivity contribution in [1.82, 2.24) is 9.36 Å². The summed E-state index contributed by atoms with van der Waals surface area (Å²) in [5, 5.41) is 4.35. The molecule has 2 rings (SSSR count). The summed E-state index contributed by atoms with van der Waals surface area (Å²) in [7, 11) is 1.71. The van der Waals surface area contributed by atoms with Gasteiger partial charge < -0.3 is 10.1 Å². The van der Waals surface area contributed by atoms with Crippen LogP contribution in [0.15, 0.2) is 24.3 Å². The maximum absolute atomic E-state index is 5.48. The maximum atomic E-state index is 5.48. The van der Waals surface area contributed by atoms with Crippen molar-refractivity contribution in [1.29, 1.82) is 0 Å². The molecule has 1 aromatic heterocycles. The van der Waals surface area contributed by atoms with E-state index in [1.165, 1.54) is 11.5 Å². The summed E-state index contributed by atoms with van der Waals surface area (Å²) >= 11 is 1.40. The number of methoxy groups -OCH3 is 1. The largest absolute Gasteiger partial charge is 0.496 e. The summed E-state index contributed by atoms with van der Waals surface area (Å²) < 4.78 is 9.70. The first kappa shape index (κ1) is 14.8. The second kappa shape index (κ2) is 6.70. The number of aryl methyl sites for hydroxylation is 1. The van der Waals surface area contributed by atoms with Crippen molar-refractivity contribution in [2.24, 2.45) is 5.92 Å². The molecule has 1 unspecified atom stereocenters. The van der Waals surface area contributed by atoms with Gasteiger partial charge in [-0.1, -0.05) is 32.0 Å². The van der Waals surface area contributed by atoms with Gasteiger partial charge in [0.2, 0.25) is 5.13 Å². The molecule has 20 heavy (non-hydrogen) atoms. The fraction of sp³-hybridized carbons (Fsp3) is 0.467. The van der Waals surface area contributed by atoms with Crippen LogP contribution in [-0.4, -0.2) is 16.5 Å². The highest BCUT2D eigenvalue weighted by Crippen LogP contribution is 2.32. The van der Waals surface area contributed by atoms with Gasteiger partial charge in [-0.3, -0.25) is 0 Å². The van der Waals surface area contributed by atoms with Crippen molar-refractivity contribution in [2.45, 2.75) is 33.2 Å². The lowest BCUT2D eigenvalue weighted by Gasteiger charge is -2.22. The predicted octanol–water partition coefficient (Wildman–Crippen LogP) is 4.05. The molecule has 0 aliphatic carbocycles. The molecule has 4 nitrogen and oxygen atoms in total. The number of hydrogen-bond donors (Lipinski definition) is 1. The molecule has 0 bridgehead atoms. The van der Waals surface area contributed by atoms with Gasteiger partial charge in [0.05, 0.1) is 13.2 Å². The summed E-state index contributed by atoms with van der Waals surface area (Å²) in [5.74, 6) is 2.29. The van der Waals surface area contributed by atoms with Crippen LogP contribution in [0.1, 0.15) is 37.7 Å². The number of benzene rings is 1. The highest BCUT2D eigenvalue weighted by Gasteiger charge is 2.18. The van der Waals surface area contributed by atoms with Crippen LogP contribution in [0.25, 0.3) is 0 Å². The molecule has 0 spiro atoms. The van der Waals surface area contributed by atoms with E-state index >= 15 is 0 Å². The molecule has 0 saturated carbocycles. The highest BCUT2D eigenvalue weighted by molar-refractivity contribution is 7.09. The number of para-hydroxylation sites is 1. The zero-order valence-corrected chi connectivity index (χ0v) is 13.2. The Morgan fingerprint density at radius 3 is 2.65 bits per heavy atom. The van der Waals surface area contributed by atoms with Crippen molar-refractivity contribution in [3.8, 4) is 5.75 Å². The molecule has 1 N–H and O–H groups in total. The third kappa shape index (κ3) is 3.70. The smallest absolute Gasteiger partial charge is 0.203 e. The second-order valence-corrected chi connectivity index (χ2v) is 5.97. The second-order valence-electron chi connectivity index (χ2n) is 5.22. The van der Waals surface area contributed by atoms with Gasteiger partial charge >= 0.3 is 0 Å². The van der Waals surface area contributed by atoms with E-state index in [1.807, 2.05) is 25.1 Å². The van der Waals surface area contributed by atoms with E-state index in [2.05, 4.69) is 34.6 Å². The first-order valence-corrected chi connectivity index (χ1v) is 7.57. The van der Waals surface area contributed by atoms with Crippen LogP contribution in [0, 0.1) is 12.8 Å². The Morgan fingerprint density at radius 2 is 2.05 bits per heavy atom. The Labute approximate surface area is 124 Å². The molecular weight excluding hydrogens is 270 g/mol. The van der Waals surface area contributed by atoms with Crippen molar-refractivity contribution in [3.63, 3.8) is 0 Å². The van der Waals surface area contributed by atoms with Crippen LogP contribution in [-0.2, 0) is 0 Å². The van der Waals surface area contributed by atoms with Crippen molar-refractivity contribution in [2.75, 3.05) is 12.4 Å². The monoisotopic (exact) mass is 291 g/mol. The van der Waals surface area contributed by atoms with Gasteiger partial charge in [0.15, 0.2) is 0 Å². The molecular formula is C15H21N3OS. The Hall–Kier alpha value is -1.62. The minimum Gasteiger partial charge on any atom is -0.496 e. The summed E-state index contributed by atoms with van der Waals surface area (Å²) in [4.78, 5) is 4.39. The third-order valence-electron chi connectivity index (χ3n) is 3.05. The number of nitrogens with one attached hydrogen (secondary N) is 1. The van der Waals surface area contributed by atoms with E-state index in [4.69, 9.17) is 4.74 Å². The molecule has 1 heterocycles. The Balaban J connectivity index is 2.26. The number of hydrogen-bond acceptors (Lipinski definition) is 5. The first-order chi connectivity index (χ1) is 9.60. The minimum atomic E-state index is 0.179. The molecule has 1 aromatic carbocycles. The molecule has 108 valence electrons. The lowest BCUT2D eigenvalue weighted by Crippen LogP contribution is -2.14. The molecule has 0 aliphatic heterocycles. The van der Waals surface area contributed by atoms with Gasteiger partial charge in [0.1, 0.15) is 11.6 Å². The fourth-order valence-electron chi connectivity index (χ4n) is 2.19. The van der Waals surface area contributed by atoms with Crippen LogP contribution in [0.4, 0.5) is 5.13 Å². The average molecular weight is 291 g/mol. The van der Waals surface area contributed by atoms with Crippen molar-refractivity contribution >= 4 is 16.7 Å². The normalized spacial score (nSPS) is 12.4. The molecule has 0 fully saturated rings. The fourth-order valence-corrected chi connectivity index (χ4v) is 2.82. The van der Waals surface area contributed by atoms with Gasteiger partial charge in [0.25, 0.3) is 0 Å². The number of nitrogens with zero attached hydrogens (tertiary/aromatic N) is 2. The zero-order valence-electron chi connectivity index (χ0n) is 12.4. The standard InChI is InChI=1S/C15H21N3OS/c1-10(2)9-13(17-15-16-11(3)18-20-15)12-7-5-6-8-14(12)19-4/h5-8,10,13H,9H2,1-4H3,(H,16,17,18). The number of ether oxygens (including phenoxy) is 1. The van der Waals surface area contributed by atoms with Gasteiger partial charge in [-0.15, -0.1) is 0 Å². The van der Waals surface area contributed by atoms with Gasteiger partial charge in [-0.05, 0) is 25.3 Å². The number of rotatable bonds is 6. The van der Waals surface area contributed by atoms with Gasteiger partial charge in [0, 0.05) is 17.1 Å². The zero-order chi connectivity index (χ0) is 14.5. The summed E-state index contributed by atoms with van der Waals surface area (Å²) in [6.45, 7) is 6.34. The predicted molar refractivity (Wildman–Crippen MR) is 83.5 cm³/mol. The molecule has 2 aromatic rings. The molecule has 0 saturated heterocycles. The quantitative estimate of drug-likeness (QED) is 0.872. The Morgan fingerprint density at radius 1 is 1.30 bits per heavy atom. The van der Waals surface area contributed by atoms with E-state index in [0.717, 1.165) is 28.7 Å². The third-order valence-corrected chi connectivity index (χ3v) is 3.78. The topological polar surface area (TPSA) is 47.0 Å². The summed E-state index contributed by atoms with van der Waals surface area (Å²) in [5.41, 5.74) is 1.16. The van der Waals surface area contributed by atoms with E-state index in [9.17, 15) is 0 Å². The van der Waals surface area contributed by atoms with E-state index < -0.39 is 0 Å². The SMILES string of the molecule is COc1ccccc1C(CC(C)C)Nc1nc(C)ns1. The average Bonchev–Trinajstić information content (AvgIpc) is 2.83. The highest BCUT2D eigenvalue weighted by atomic mass is 32.1. The molecule has 1 atom stereocenters. The van der Waals surface area contributed by atoms with E-state index in [0.29, 0.717) is 5.92 Å². The van der Waals surface area contributed by atoms with Crippen LogP contribution in [0.2, 0.25) is 0 Å². The molecule has 0 aliphatic rings. The van der Waals surface area contributed by atoms with Crippen molar-refractivity contribution in [3.05, 3.63) is 35.7 Å². The van der Waals surface area contributed by atoms with E-state index in [-0.39, 0.29) is 6.04 Å². The Kier molecular flexibility index (Phi) is 4.95. The van der Waals surface area contributed by atoms with Crippen LogP contribution < -0.4 is 10.1 Å². The van der Waals surface area contributed by atoms with Crippen LogP contribution in [0.3, 0.4) is 0 Å². The molecule has 0 radical (unpaired) electrons. The summed E-state index contributed by atoms with van der Waals surface area (Å²) in [6, 6.07) is 8.31. The van der Waals surface area contributed by atoms with Crippen LogP contribution in [0.5, 0.6) is 5.75 Å². The number of anilines is 1. The molecule has 0 amide bonds. The van der Waals surface area contributed by atoms with Crippen LogP contribution >= 0.6 is 11.5 Å². The number of aromatic nitrogens is 2. The lowest BCUT2D eigenvalue weighted by atomic mass is 9.96. The first-order valence-electron chi connectivity index (χ1n) is 6.80. The van der Waals surface area contributed by atoms with Gasteiger partial charge in [-0.2, -0.15) is 4.37 Å².